The summed E-state index contributed by atoms with van der Waals surface area (Å²) >= 11 is -6.08. The fraction of sp³-hybridized carbons (Fsp3) is 0.375. The van der Waals surface area contributed by atoms with Crippen LogP contribution in [-0.4, -0.2) is 17.4 Å². The van der Waals surface area contributed by atoms with Gasteiger partial charge in [0.25, 0.3) is 0 Å². The summed E-state index contributed by atoms with van der Waals surface area (Å²) in [4.78, 5) is 25.3. The van der Waals surface area contributed by atoms with Gasteiger partial charge in [0.05, 0.1) is 0 Å². The number of allylic oxidation sites excluding steroid dienone is 2. The zero-order valence-corrected chi connectivity index (χ0v) is 39.1. The first-order chi connectivity index (χ1) is 27.1. The number of halogens is 2. The van der Waals surface area contributed by atoms with E-state index in [4.69, 9.17) is 17.2 Å². The Kier molecular flexibility index (Phi) is 13.8. The van der Waals surface area contributed by atoms with E-state index in [0.717, 1.165) is 73.6 Å². The van der Waals surface area contributed by atoms with Gasteiger partial charge in [-0.15, -0.1) is 0 Å². The summed E-state index contributed by atoms with van der Waals surface area (Å²) in [6.45, 7) is 13.5. The summed E-state index contributed by atoms with van der Waals surface area (Å²) in [5, 5.41) is 6.09. The van der Waals surface area contributed by atoms with Gasteiger partial charge in [-0.25, -0.2) is 0 Å². The van der Waals surface area contributed by atoms with Crippen molar-refractivity contribution in [3.05, 3.63) is 129 Å². The maximum atomic E-state index is 12.7. The van der Waals surface area contributed by atoms with Gasteiger partial charge in [0.2, 0.25) is 0 Å². The zero-order valence-electron chi connectivity index (χ0n) is 34.0. The minimum atomic E-state index is -6.08. The molecule has 2 N–H and O–H groups in total. The van der Waals surface area contributed by atoms with Gasteiger partial charge < -0.3 is 0 Å². The van der Waals surface area contributed by atoms with Gasteiger partial charge in [-0.2, -0.15) is 0 Å². The minimum absolute atomic E-state index is 0.366. The molecule has 56 heavy (non-hydrogen) atoms. The van der Waals surface area contributed by atoms with Crippen LogP contribution in [0.25, 0.3) is 34.4 Å². The van der Waals surface area contributed by atoms with E-state index in [1.165, 1.54) is 44.5 Å². The Morgan fingerprint density at radius 1 is 0.607 bits per heavy atom. The molecule has 0 radical (unpaired) electrons. The molecule has 293 valence electrons. The molecule has 0 heterocycles. The molecule has 0 aromatic heterocycles. The number of fused-ring (bicyclic) bond motifs is 2. The molecule has 0 saturated carbocycles. The summed E-state index contributed by atoms with van der Waals surface area (Å²) in [6, 6.07) is 30.6. The summed E-state index contributed by atoms with van der Waals surface area (Å²) in [6.07, 6.45) is 13.7. The third-order valence-corrected chi connectivity index (χ3v) is 41.6. The van der Waals surface area contributed by atoms with Crippen LogP contribution in [0.1, 0.15) is 145 Å². The molecule has 2 aliphatic rings. The van der Waals surface area contributed by atoms with Gasteiger partial charge in [-0.3, -0.25) is 0 Å². The Balaban J connectivity index is 1.68. The third-order valence-electron chi connectivity index (χ3n) is 12.9. The average molecular weight is 955 g/mol. The average Bonchev–Trinajstić information content (AvgIpc) is 3.81. The Morgan fingerprint density at radius 3 is 1.38 bits per heavy atom. The number of benzene rings is 4. The number of carbonyl (C=O) groups excluding carboxylic acids is 2. The Hall–Kier alpha value is -3.18. The summed E-state index contributed by atoms with van der Waals surface area (Å²) < 4.78 is -1.66. The first kappa shape index (κ1) is 42.4. The van der Waals surface area contributed by atoms with E-state index in [2.05, 4.69) is 149 Å². The molecule has 4 aromatic carbocycles. The fourth-order valence-corrected chi connectivity index (χ4v) is 39.4. The van der Waals surface area contributed by atoms with Gasteiger partial charge in [-0.05, 0) is 0 Å². The van der Waals surface area contributed by atoms with Crippen molar-refractivity contribution >= 4 is 46.7 Å². The second-order valence-electron chi connectivity index (χ2n) is 16.1. The number of rotatable bonds is 19. The summed E-state index contributed by atoms with van der Waals surface area (Å²) in [7, 11) is 17.6. The number of hydrogen-bond acceptors (Lipinski definition) is 2. The summed E-state index contributed by atoms with van der Waals surface area (Å²) in [5.74, 6) is 0.765. The van der Waals surface area contributed by atoms with E-state index < -0.39 is 20.5 Å². The van der Waals surface area contributed by atoms with Crippen LogP contribution in [0.3, 0.4) is 0 Å². The van der Waals surface area contributed by atoms with Crippen LogP contribution >= 0.6 is 17.2 Å². The predicted octanol–water partition coefficient (Wildman–Crippen LogP) is 13.5. The molecule has 4 aromatic rings. The molecule has 0 aliphatic heterocycles. The van der Waals surface area contributed by atoms with Crippen LogP contribution in [0.5, 0.6) is 0 Å². The third kappa shape index (κ3) is 7.60. The van der Waals surface area contributed by atoms with Crippen molar-refractivity contribution in [2.45, 2.75) is 112 Å². The molecule has 2 amide bonds. The predicted molar refractivity (Wildman–Crippen MR) is 238 cm³/mol. The number of carbonyl (C=O) groups is 2. The van der Waals surface area contributed by atoms with Crippen LogP contribution in [-0.2, 0) is 25.5 Å². The zero-order chi connectivity index (χ0) is 40.1. The number of amides is 2. The molecule has 0 bridgehead atoms. The number of nitrogens with one attached hydrogen (secondary N) is 2. The van der Waals surface area contributed by atoms with Crippen molar-refractivity contribution in [1.82, 2.24) is 10.5 Å². The van der Waals surface area contributed by atoms with Crippen molar-refractivity contribution in [3.63, 3.8) is 0 Å². The van der Waals surface area contributed by atoms with E-state index >= 15 is 0 Å². The van der Waals surface area contributed by atoms with E-state index in [9.17, 15) is 9.59 Å². The van der Waals surface area contributed by atoms with Gasteiger partial charge in [0, 0.05) is 0 Å². The molecule has 8 heteroatoms. The van der Waals surface area contributed by atoms with E-state index in [1.807, 2.05) is 0 Å². The SMILES string of the molecule is CCCCC1=Cc2c(-c3ccccc3C(C)CC)cccc2[CH]1[Hf]([Cl])([Cl])([B](NC=O)NC=O)[CH]1C(CCCC)=Cc2c(-c3ccccc3C(C)CC)cccc21. The van der Waals surface area contributed by atoms with Gasteiger partial charge in [0.1, 0.15) is 0 Å². The van der Waals surface area contributed by atoms with E-state index in [0.29, 0.717) is 24.7 Å². The first-order valence-corrected chi connectivity index (χ1v) is 36.0. The maximum absolute atomic E-state index is 12.7. The first-order valence-electron chi connectivity index (χ1n) is 20.9. The Morgan fingerprint density at radius 2 is 1.00 bits per heavy atom. The molecule has 4 nitrogen and oxygen atoms in total. The van der Waals surface area contributed by atoms with Gasteiger partial charge >= 0.3 is 346 Å². The van der Waals surface area contributed by atoms with Crippen molar-refractivity contribution in [3.8, 4) is 22.3 Å². The van der Waals surface area contributed by atoms with Crippen LogP contribution in [0.15, 0.2) is 96.1 Å². The number of unbranched alkanes of at least 4 members (excludes halogenated alkanes) is 2. The second-order valence-corrected chi connectivity index (χ2v) is 46.6. The molecule has 6 rings (SSSR count). The quantitative estimate of drug-likeness (QED) is 0.0727. The molecular weight excluding hydrogens is 897 g/mol. The molecule has 0 saturated heterocycles. The Bertz CT molecular complexity index is 1980. The van der Waals surface area contributed by atoms with Gasteiger partial charge in [-0.1, -0.05) is 0 Å². The van der Waals surface area contributed by atoms with Crippen LogP contribution < -0.4 is 10.5 Å². The molecule has 0 fully saturated rings. The van der Waals surface area contributed by atoms with Gasteiger partial charge in [0.15, 0.2) is 0 Å². The molecule has 4 atom stereocenters. The van der Waals surface area contributed by atoms with Crippen LogP contribution in [0.2, 0.25) is 0 Å². The standard InChI is InChI=1S/2C23H27.C2H3BN2O2.2ClH.Hf/c2*1-4-6-10-18-15-19-11-9-14-22(23(19)16-18)21-13-8-7-12-20(21)17(3)5-2;6-1-4-3-5-2-7;;;/h2*7-9,11-17H,4-6,10H2,1-3H3;1-2H,(H-,4,5,6,7);2*1H;/q;;;;;+1/p-1. The van der Waals surface area contributed by atoms with E-state index in [-0.39, 0.29) is 7.35 Å². The topological polar surface area (TPSA) is 58.2 Å². The molecule has 4 unspecified atom stereocenters. The van der Waals surface area contributed by atoms with Crippen molar-refractivity contribution in [2.24, 2.45) is 0 Å². The van der Waals surface area contributed by atoms with Crippen LogP contribution in [0, 0.1) is 0 Å². The molecular formula is C48H58BCl2HfN2O2. The molecule has 0 spiro atoms. The van der Waals surface area contributed by atoms with Crippen LogP contribution in [0.4, 0.5) is 0 Å². The van der Waals surface area contributed by atoms with Crippen molar-refractivity contribution in [2.75, 3.05) is 0 Å². The Labute approximate surface area is 344 Å². The molecule has 2 aliphatic carbocycles. The normalized spacial score (nSPS) is 17.8. The van der Waals surface area contributed by atoms with E-state index in [1.54, 1.807) is 0 Å². The van der Waals surface area contributed by atoms with Crippen molar-refractivity contribution < 1.29 is 25.5 Å². The number of hydrogen-bond donors (Lipinski definition) is 2. The fourth-order valence-electron chi connectivity index (χ4n) is 9.68. The second kappa shape index (κ2) is 18.2. The van der Waals surface area contributed by atoms with Crippen molar-refractivity contribution in [1.29, 1.82) is 0 Å². The monoisotopic (exact) mass is 955 g/mol. The summed E-state index contributed by atoms with van der Waals surface area (Å²) in [5.41, 5.74) is 14.3.